The second kappa shape index (κ2) is 8.13. The molecule has 2 aromatic heterocycles. The van der Waals surface area contributed by atoms with E-state index in [0.29, 0.717) is 28.3 Å². The Labute approximate surface area is 159 Å². The van der Waals surface area contributed by atoms with Crippen molar-refractivity contribution in [3.05, 3.63) is 63.0 Å². The zero-order valence-corrected chi connectivity index (χ0v) is 15.8. The van der Waals surface area contributed by atoms with Crippen LogP contribution in [0.4, 0.5) is 5.69 Å². The van der Waals surface area contributed by atoms with E-state index in [9.17, 15) is 14.4 Å². The summed E-state index contributed by atoms with van der Waals surface area (Å²) in [4.78, 5) is 41.0. The third-order valence-corrected chi connectivity index (χ3v) is 4.78. The van der Waals surface area contributed by atoms with Crippen molar-refractivity contribution in [1.82, 2.24) is 9.38 Å². The van der Waals surface area contributed by atoms with Gasteiger partial charge in [0.15, 0.2) is 4.96 Å². The van der Waals surface area contributed by atoms with Crippen LogP contribution in [0.5, 0.6) is 0 Å². The molecule has 0 bridgehead atoms. The Morgan fingerprint density at radius 3 is 2.89 bits per heavy atom. The number of hydrogen-bond donors (Lipinski definition) is 1. The smallest absolute Gasteiger partial charge is 0.338 e. The number of nitrogens with zero attached hydrogens (tertiary/aromatic N) is 2. The van der Waals surface area contributed by atoms with E-state index >= 15 is 0 Å². The van der Waals surface area contributed by atoms with Gasteiger partial charge in [-0.05, 0) is 31.5 Å². The highest BCUT2D eigenvalue weighted by Crippen LogP contribution is 2.14. The first-order chi connectivity index (χ1) is 13.0. The summed E-state index contributed by atoms with van der Waals surface area (Å²) < 4.78 is 6.79. The van der Waals surface area contributed by atoms with Gasteiger partial charge in [-0.25, -0.2) is 9.78 Å². The molecule has 0 aliphatic rings. The van der Waals surface area contributed by atoms with Crippen LogP contribution in [0.1, 0.15) is 41.5 Å². The molecule has 0 aliphatic heterocycles. The molecule has 0 fully saturated rings. The molecule has 0 atom stereocenters. The number of hydrogen-bond acceptors (Lipinski definition) is 6. The highest BCUT2D eigenvalue weighted by molar-refractivity contribution is 7.15. The van der Waals surface area contributed by atoms with E-state index in [-0.39, 0.29) is 18.1 Å². The van der Waals surface area contributed by atoms with E-state index in [1.807, 2.05) is 19.2 Å². The summed E-state index contributed by atoms with van der Waals surface area (Å²) in [5.74, 6) is -0.654. The van der Waals surface area contributed by atoms with Crippen molar-refractivity contribution in [2.45, 2.75) is 33.3 Å². The summed E-state index contributed by atoms with van der Waals surface area (Å²) in [5, 5.41) is 4.59. The van der Waals surface area contributed by atoms with E-state index in [4.69, 9.17) is 4.74 Å². The van der Waals surface area contributed by atoms with E-state index in [2.05, 4.69) is 10.3 Å². The molecule has 2 heterocycles. The number of anilines is 1. The first kappa shape index (κ1) is 18.8. The molecule has 7 nitrogen and oxygen atoms in total. The number of carbonyl (C=O) groups excluding carboxylic acids is 2. The predicted octanol–water partition coefficient (Wildman–Crippen LogP) is 3.16. The van der Waals surface area contributed by atoms with Crippen LogP contribution in [0.25, 0.3) is 4.96 Å². The fraction of sp³-hybridized carbons (Fsp3) is 0.263. The third-order valence-electron chi connectivity index (χ3n) is 3.84. The van der Waals surface area contributed by atoms with Crippen molar-refractivity contribution in [2.24, 2.45) is 0 Å². The number of amides is 1. The van der Waals surface area contributed by atoms with Gasteiger partial charge in [-0.2, -0.15) is 0 Å². The normalized spacial score (nSPS) is 10.7. The summed E-state index contributed by atoms with van der Waals surface area (Å²) in [5.41, 5.74) is 1.86. The van der Waals surface area contributed by atoms with E-state index in [0.717, 1.165) is 12.1 Å². The lowest BCUT2D eigenvalue weighted by molar-refractivity contribution is -0.116. The Bertz CT molecular complexity index is 1050. The molecule has 1 amide bonds. The van der Waals surface area contributed by atoms with Gasteiger partial charge >= 0.3 is 5.97 Å². The van der Waals surface area contributed by atoms with E-state index in [1.54, 1.807) is 24.3 Å². The summed E-state index contributed by atoms with van der Waals surface area (Å²) in [6.07, 6.45) is 1.16. The third kappa shape index (κ3) is 4.40. The zero-order valence-electron chi connectivity index (χ0n) is 15.0. The molecule has 0 spiro atoms. The number of benzene rings is 1. The number of aromatic nitrogens is 2. The molecule has 140 valence electrons. The van der Waals surface area contributed by atoms with Gasteiger partial charge in [-0.1, -0.05) is 13.0 Å². The molecule has 8 heteroatoms. The maximum atomic E-state index is 12.3. The Balaban J connectivity index is 1.69. The van der Waals surface area contributed by atoms with Crippen molar-refractivity contribution in [1.29, 1.82) is 0 Å². The van der Waals surface area contributed by atoms with Gasteiger partial charge in [0, 0.05) is 29.2 Å². The lowest BCUT2D eigenvalue weighted by atomic mass is 10.2. The van der Waals surface area contributed by atoms with Crippen molar-refractivity contribution in [2.75, 3.05) is 5.32 Å². The average Bonchev–Trinajstić information content (AvgIpc) is 3.01. The second-order valence-electron chi connectivity index (χ2n) is 6.04. The van der Waals surface area contributed by atoms with Crippen LogP contribution in [0.2, 0.25) is 0 Å². The quantitative estimate of drug-likeness (QED) is 0.658. The van der Waals surface area contributed by atoms with Gasteiger partial charge in [0.05, 0.1) is 11.3 Å². The summed E-state index contributed by atoms with van der Waals surface area (Å²) in [6.45, 7) is 3.65. The fourth-order valence-corrected chi connectivity index (χ4v) is 3.46. The molecule has 0 radical (unpaired) electrons. The van der Waals surface area contributed by atoms with Crippen LogP contribution in [-0.2, 0) is 16.1 Å². The molecule has 27 heavy (non-hydrogen) atoms. The predicted molar refractivity (Wildman–Crippen MR) is 103 cm³/mol. The topological polar surface area (TPSA) is 89.8 Å². The number of carbonyl (C=O) groups is 2. The van der Waals surface area contributed by atoms with Crippen molar-refractivity contribution in [3.63, 3.8) is 0 Å². The highest BCUT2D eigenvalue weighted by Gasteiger charge is 2.12. The molecular formula is C19H19N3O4S. The van der Waals surface area contributed by atoms with E-state index < -0.39 is 5.97 Å². The van der Waals surface area contributed by atoms with Crippen molar-refractivity contribution in [3.8, 4) is 0 Å². The fourth-order valence-electron chi connectivity index (χ4n) is 2.57. The molecule has 0 saturated carbocycles. The first-order valence-electron chi connectivity index (χ1n) is 8.51. The Kier molecular flexibility index (Phi) is 5.66. The number of thiazole rings is 1. The maximum absolute atomic E-state index is 12.3. The standard InChI is InChI=1S/C19H19N3O4S/c1-3-5-16(23)20-14-7-4-6-13(8-14)18(25)26-10-15-9-17(24)22-12(2)11-27-19(22)21-15/h4,6-9,11H,3,5,10H2,1-2H3,(H,20,23). The van der Waals surface area contributed by atoms with Crippen LogP contribution >= 0.6 is 11.3 Å². The van der Waals surface area contributed by atoms with Gasteiger partial charge in [0.25, 0.3) is 5.56 Å². The van der Waals surface area contributed by atoms with E-state index in [1.165, 1.54) is 21.8 Å². The first-order valence-corrected chi connectivity index (χ1v) is 9.39. The number of esters is 1. The van der Waals surface area contributed by atoms with Gasteiger partial charge in [0.2, 0.25) is 5.91 Å². The minimum absolute atomic E-state index is 0.103. The Hall–Kier alpha value is -3.00. The molecule has 3 aromatic rings. The summed E-state index contributed by atoms with van der Waals surface area (Å²) in [7, 11) is 0. The highest BCUT2D eigenvalue weighted by atomic mass is 32.1. The molecule has 1 aromatic carbocycles. The minimum Gasteiger partial charge on any atom is -0.456 e. The molecular weight excluding hydrogens is 366 g/mol. The molecule has 3 rings (SSSR count). The molecule has 1 N–H and O–H groups in total. The summed E-state index contributed by atoms with van der Waals surface area (Å²) in [6, 6.07) is 7.90. The number of rotatable bonds is 6. The van der Waals surface area contributed by atoms with Crippen LogP contribution < -0.4 is 10.9 Å². The number of nitrogens with one attached hydrogen (secondary N) is 1. The number of aryl methyl sites for hydroxylation is 1. The lowest BCUT2D eigenvalue weighted by Crippen LogP contribution is -2.16. The maximum Gasteiger partial charge on any atom is 0.338 e. The molecule has 0 unspecified atom stereocenters. The number of ether oxygens (including phenoxy) is 1. The SMILES string of the molecule is CCCC(=O)Nc1cccc(C(=O)OCc2cc(=O)n3c(C)csc3n2)c1. The van der Waals surface area contributed by atoms with Crippen molar-refractivity contribution >= 4 is 33.9 Å². The minimum atomic E-state index is -0.550. The largest absolute Gasteiger partial charge is 0.456 e. The lowest BCUT2D eigenvalue weighted by Gasteiger charge is -2.08. The Morgan fingerprint density at radius 1 is 1.30 bits per heavy atom. The monoisotopic (exact) mass is 385 g/mol. The Morgan fingerprint density at radius 2 is 2.11 bits per heavy atom. The second-order valence-corrected chi connectivity index (χ2v) is 6.87. The van der Waals surface area contributed by atoms with Crippen LogP contribution in [0.3, 0.4) is 0 Å². The van der Waals surface area contributed by atoms with Crippen LogP contribution in [0.15, 0.2) is 40.5 Å². The van der Waals surface area contributed by atoms with Gasteiger partial charge in [-0.3, -0.25) is 14.0 Å². The van der Waals surface area contributed by atoms with Gasteiger partial charge in [-0.15, -0.1) is 11.3 Å². The van der Waals surface area contributed by atoms with Gasteiger partial charge < -0.3 is 10.1 Å². The van der Waals surface area contributed by atoms with Crippen LogP contribution in [0, 0.1) is 6.92 Å². The van der Waals surface area contributed by atoms with Gasteiger partial charge in [0.1, 0.15) is 6.61 Å². The summed E-state index contributed by atoms with van der Waals surface area (Å²) >= 11 is 1.36. The van der Waals surface area contributed by atoms with Crippen molar-refractivity contribution < 1.29 is 14.3 Å². The molecule has 0 saturated heterocycles. The van der Waals surface area contributed by atoms with Crippen LogP contribution in [-0.4, -0.2) is 21.3 Å². The zero-order chi connectivity index (χ0) is 19.4. The number of fused-ring (bicyclic) bond motifs is 1. The molecule has 0 aliphatic carbocycles. The average molecular weight is 385 g/mol.